The van der Waals surface area contributed by atoms with Gasteiger partial charge in [0.2, 0.25) is 0 Å². The first-order valence-corrected chi connectivity index (χ1v) is 7.88. The monoisotopic (exact) mass is 273 g/mol. The second-order valence-electron chi connectivity index (χ2n) is 5.52. The number of rotatable bonds is 6. The van der Waals surface area contributed by atoms with Crippen LogP contribution in [-0.2, 0) is 6.54 Å². The van der Waals surface area contributed by atoms with E-state index < -0.39 is 0 Å². The van der Waals surface area contributed by atoms with Crippen molar-refractivity contribution in [2.24, 2.45) is 11.8 Å². The summed E-state index contributed by atoms with van der Waals surface area (Å²) < 4.78 is 0. The third-order valence-electron chi connectivity index (χ3n) is 3.66. The van der Waals surface area contributed by atoms with Gasteiger partial charge in [-0.1, -0.05) is 51.1 Å². The quantitative estimate of drug-likeness (QED) is 0.797. The molecule has 0 fully saturated rings. The van der Waals surface area contributed by atoms with Crippen LogP contribution in [0.4, 0.5) is 0 Å². The smallest absolute Gasteiger partial charge is 0.0300 e. The van der Waals surface area contributed by atoms with E-state index in [0.717, 1.165) is 24.9 Å². The van der Waals surface area contributed by atoms with Crippen LogP contribution < -0.4 is 5.32 Å². The summed E-state index contributed by atoms with van der Waals surface area (Å²) in [5.74, 6) is 1.48. The molecule has 2 aromatic rings. The van der Waals surface area contributed by atoms with Crippen LogP contribution in [0, 0.1) is 11.8 Å². The minimum absolute atomic E-state index is 0.730. The molecule has 0 aliphatic rings. The summed E-state index contributed by atoms with van der Waals surface area (Å²) in [6.07, 6.45) is 0. The molecule has 1 aromatic carbocycles. The Bertz CT molecular complexity index is 487. The molecule has 2 heteroatoms. The Kier molecular flexibility index (Phi) is 5.17. The lowest BCUT2D eigenvalue weighted by atomic mass is 9.98. The lowest BCUT2D eigenvalue weighted by molar-refractivity contribution is 0.393. The van der Waals surface area contributed by atoms with Crippen molar-refractivity contribution in [1.82, 2.24) is 5.32 Å². The fraction of sp³-hybridized carbons (Fsp3) is 0.412. The van der Waals surface area contributed by atoms with Crippen LogP contribution in [0.25, 0.3) is 11.1 Å². The largest absolute Gasteiger partial charge is 0.312 e. The summed E-state index contributed by atoms with van der Waals surface area (Å²) in [6, 6.07) is 12.9. The number of hydrogen-bond donors (Lipinski definition) is 1. The van der Waals surface area contributed by atoms with Crippen LogP contribution in [0.3, 0.4) is 0 Å². The first-order valence-electron chi connectivity index (χ1n) is 7.00. The average Bonchev–Trinajstić information content (AvgIpc) is 2.88. The Morgan fingerprint density at radius 2 is 1.79 bits per heavy atom. The first-order chi connectivity index (χ1) is 9.16. The molecule has 1 heterocycles. The highest BCUT2D eigenvalue weighted by molar-refractivity contribution is 7.10. The molecule has 1 aromatic heterocycles. The van der Waals surface area contributed by atoms with Gasteiger partial charge in [-0.3, -0.25) is 0 Å². The van der Waals surface area contributed by atoms with E-state index in [1.54, 1.807) is 0 Å². The molecule has 2 rings (SSSR count). The molecule has 0 aliphatic carbocycles. The van der Waals surface area contributed by atoms with E-state index in [1.807, 2.05) is 11.3 Å². The standard InChI is InChI=1S/C17H23NS/c1-13(2)14(3)10-18-11-17-9-16(12-19-17)15-7-5-4-6-8-15/h4-9,12-14,18H,10-11H2,1-3H3. The Hall–Kier alpha value is -1.12. The van der Waals surface area contributed by atoms with Gasteiger partial charge in [0.1, 0.15) is 0 Å². The van der Waals surface area contributed by atoms with Crippen LogP contribution in [0.2, 0.25) is 0 Å². The zero-order valence-corrected chi connectivity index (χ0v) is 12.8. The lowest BCUT2D eigenvalue weighted by Gasteiger charge is -2.15. The van der Waals surface area contributed by atoms with Crippen LogP contribution in [0.5, 0.6) is 0 Å². The number of nitrogens with one attached hydrogen (secondary N) is 1. The van der Waals surface area contributed by atoms with Crippen molar-refractivity contribution in [3.05, 3.63) is 46.7 Å². The van der Waals surface area contributed by atoms with Gasteiger partial charge >= 0.3 is 0 Å². The maximum Gasteiger partial charge on any atom is 0.0300 e. The van der Waals surface area contributed by atoms with Crippen molar-refractivity contribution in [1.29, 1.82) is 0 Å². The minimum Gasteiger partial charge on any atom is -0.312 e. The highest BCUT2D eigenvalue weighted by Gasteiger charge is 2.07. The van der Waals surface area contributed by atoms with E-state index in [0.29, 0.717) is 0 Å². The number of benzene rings is 1. The predicted octanol–water partition coefficient (Wildman–Crippen LogP) is 4.80. The van der Waals surface area contributed by atoms with E-state index in [9.17, 15) is 0 Å². The van der Waals surface area contributed by atoms with E-state index in [-0.39, 0.29) is 0 Å². The molecule has 0 aliphatic heterocycles. The SMILES string of the molecule is CC(C)C(C)CNCc1cc(-c2ccccc2)cs1. The van der Waals surface area contributed by atoms with Gasteiger partial charge in [-0.05, 0) is 41.0 Å². The van der Waals surface area contributed by atoms with E-state index >= 15 is 0 Å². The zero-order valence-electron chi connectivity index (χ0n) is 12.0. The van der Waals surface area contributed by atoms with Crippen molar-refractivity contribution >= 4 is 11.3 Å². The van der Waals surface area contributed by atoms with Crippen molar-refractivity contribution in [3.63, 3.8) is 0 Å². The summed E-state index contributed by atoms with van der Waals surface area (Å²) in [4.78, 5) is 1.41. The zero-order chi connectivity index (χ0) is 13.7. The van der Waals surface area contributed by atoms with Gasteiger partial charge in [0.15, 0.2) is 0 Å². The first kappa shape index (κ1) is 14.3. The summed E-state index contributed by atoms with van der Waals surface area (Å²) in [5, 5.41) is 5.81. The Morgan fingerprint density at radius 1 is 1.05 bits per heavy atom. The molecule has 1 nitrogen and oxygen atoms in total. The average molecular weight is 273 g/mol. The summed E-state index contributed by atoms with van der Waals surface area (Å²) in [7, 11) is 0. The predicted molar refractivity (Wildman–Crippen MR) is 85.5 cm³/mol. The summed E-state index contributed by atoms with van der Waals surface area (Å²) >= 11 is 1.84. The number of thiophene rings is 1. The highest BCUT2D eigenvalue weighted by Crippen LogP contribution is 2.25. The molecular formula is C17H23NS. The molecule has 0 saturated heterocycles. The molecule has 19 heavy (non-hydrogen) atoms. The third-order valence-corrected chi connectivity index (χ3v) is 4.60. The third kappa shape index (κ3) is 4.19. The molecule has 0 spiro atoms. The van der Waals surface area contributed by atoms with E-state index in [1.165, 1.54) is 16.0 Å². The van der Waals surface area contributed by atoms with Crippen molar-refractivity contribution in [3.8, 4) is 11.1 Å². The van der Waals surface area contributed by atoms with Crippen LogP contribution in [0.15, 0.2) is 41.8 Å². The normalized spacial score (nSPS) is 12.8. The molecule has 0 bridgehead atoms. The summed E-state index contributed by atoms with van der Waals surface area (Å²) in [6.45, 7) is 8.95. The minimum atomic E-state index is 0.730. The Balaban J connectivity index is 1.88. The van der Waals surface area contributed by atoms with Crippen LogP contribution >= 0.6 is 11.3 Å². The van der Waals surface area contributed by atoms with Crippen LogP contribution in [-0.4, -0.2) is 6.54 Å². The van der Waals surface area contributed by atoms with Gasteiger partial charge < -0.3 is 5.32 Å². The van der Waals surface area contributed by atoms with Crippen molar-refractivity contribution in [2.75, 3.05) is 6.54 Å². The molecule has 102 valence electrons. The maximum absolute atomic E-state index is 3.56. The van der Waals surface area contributed by atoms with Crippen molar-refractivity contribution in [2.45, 2.75) is 27.3 Å². The fourth-order valence-corrected chi connectivity index (χ4v) is 2.78. The lowest BCUT2D eigenvalue weighted by Crippen LogP contribution is -2.23. The van der Waals surface area contributed by atoms with Gasteiger partial charge in [0.05, 0.1) is 0 Å². The molecule has 1 unspecified atom stereocenters. The van der Waals surface area contributed by atoms with Gasteiger partial charge in [0.25, 0.3) is 0 Å². The molecular weight excluding hydrogens is 250 g/mol. The van der Waals surface area contributed by atoms with Gasteiger partial charge in [0, 0.05) is 11.4 Å². The second kappa shape index (κ2) is 6.88. The molecule has 0 radical (unpaired) electrons. The van der Waals surface area contributed by atoms with Gasteiger partial charge in [-0.25, -0.2) is 0 Å². The Morgan fingerprint density at radius 3 is 2.47 bits per heavy atom. The molecule has 0 amide bonds. The van der Waals surface area contributed by atoms with E-state index in [2.05, 4.69) is 67.9 Å². The highest BCUT2D eigenvalue weighted by atomic mass is 32.1. The molecule has 1 N–H and O–H groups in total. The summed E-state index contributed by atoms with van der Waals surface area (Å²) in [5.41, 5.74) is 2.64. The molecule has 0 saturated carbocycles. The second-order valence-corrected chi connectivity index (χ2v) is 6.52. The van der Waals surface area contributed by atoms with Crippen LogP contribution in [0.1, 0.15) is 25.6 Å². The van der Waals surface area contributed by atoms with Crippen molar-refractivity contribution < 1.29 is 0 Å². The topological polar surface area (TPSA) is 12.0 Å². The Labute approximate surface area is 120 Å². The molecule has 1 atom stereocenters. The number of hydrogen-bond acceptors (Lipinski definition) is 2. The van der Waals surface area contributed by atoms with E-state index in [4.69, 9.17) is 0 Å². The maximum atomic E-state index is 3.56. The van der Waals surface area contributed by atoms with Gasteiger partial charge in [-0.2, -0.15) is 0 Å². The van der Waals surface area contributed by atoms with Gasteiger partial charge in [-0.15, -0.1) is 11.3 Å². The fourth-order valence-electron chi connectivity index (χ4n) is 1.91.